The number of likely N-dealkylation sites (N-methyl/N-ethyl adjacent to an activating group) is 1. The molecule has 0 saturated carbocycles. The topological polar surface area (TPSA) is 33.1 Å². The Balaban J connectivity index is 2.54. The molecule has 0 aliphatic heterocycles. The second-order valence-corrected chi connectivity index (χ2v) is 5.31. The van der Waals surface area contributed by atoms with Crippen LogP contribution in [0.5, 0.6) is 0 Å². The van der Waals surface area contributed by atoms with Gasteiger partial charge in [-0.1, -0.05) is 0 Å². The van der Waals surface area contributed by atoms with E-state index in [9.17, 15) is 0 Å². The number of aromatic nitrogens is 2. The number of aryl methyl sites for hydroxylation is 2. The summed E-state index contributed by atoms with van der Waals surface area (Å²) in [7, 11) is 6.15. The highest BCUT2D eigenvalue weighted by molar-refractivity contribution is 9.10. The van der Waals surface area contributed by atoms with E-state index in [2.05, 4.69) is 52.3 Å². The van der Waals surface area contributed by atoms with Crippen LogP contribution in [0.25, 0.3) is 0 Å². The quantitative estimate of drug-likeness (QED) is 0.892. The first-order valence-corrected chi connectivity index (χ1v) is 6.27. The zero-order valence-corrected chi connectivity index (χ0v) is 12.3. The molecule has 0 spiro atoms. The van der Waals surface area contributed by atoms with Gasteiger partial charge in [-0.15, -0.1) is 0 Å². The van der Waals surface area contributed by atoms with Gasteiger partial charge in [0.05, 0.1) is 15.9 Å². The van der Waals surface area contributed by atoms with Gasteiger partial charge in [0.2, 0.25) is 0 Å². The van der Waals surface area contributed by atoms with Crippen LogP contribution in [0, 0.1) is 6.92 Å². The Labute approximate surface area is 106 Å². The molecule has 1 aromatic heterocycles. The van der Waals surface area contributed by atoms with Crippen molar-refractivity contribution < 1.29 is 0 Å². The summed E-state index contributed by atoms with van der Waals surface area (Å²) in [6, 6.07) is 0.470. The maximum atomic E-state index is 4.37. The van der Waals surface area contributed by atoms with Crippen LogP contribution in [0.3, 0.4) is 0 Å². The second-order valence-electron chi connectivity index (χ2n) is 4.51. The van der Waals surface area contributed by atoms with Crippen molar-refractivity contribution in [2.24, 2.45) is 7.05 Å². The highest BCUT2D eigenvalue weighted by Crippen LogP contribution is 2.19. The van der Waals surface area contributed by atoms with Crippen LogP contribution in [-0.2, 0) is 13.6 Å². The van der Waals surface area contributed by atoms with E-state index in [1.165, 1.54) is 5.69 Å². The maximum absolute atomic E-state index is 4.37. The number of halogens is 1. The number of rotatable bonds is 5. The first kappa shape index (κ1) is 13.7. The lowest BCUT2D eigenvalue weighted by Crippen LogP contribution is -2.35. The molecular formula is C11H21BrN4. The molecule has 0 aliphatic carbocycles. The molecule has 0 amide bonds. The summed E-state index contributed by atoms with van der Waals surface area (Å²) in [5, 5.41) is 7.86. The standard InChI is InChI=1S/C11H21BrN4/c1-8(7-15(3)4)13-6-10-11(12)9(2)14-16(10)5/h8,13H,6-7H2,1-5H3. The van der Waals surface area contributed by atoms with Gasteiger partial charge >= 0.3 is 0 Å². The van der Waals surface area contributed by atoms with E-state index in [-0.39, 0.29) is 0 Å². The van der Waals surface area contributed by atoms with Gasteiger partial charge in [-0.3, -0.25) is 4.68 Å². The minimum atomic E-state index is 0.470. The smallest absolute Gasteiger partial charge is 0.0739 e. The summed E-state index contributed by atoms with van der Waals surface area (Å²) in [5.41, 5.74) is 2.24. The zero-order valence-electron chi connectivity index (χ0n) is 10.7. The van der Waals surface area contributed by atoms with E-state index in [1.807, 2.05) is 18.7 Å². The zero-order chi connectivity index (χ0) is 12.3. The molecule has 0 aromatic carbocycles. The number of nitrogens with one attached hydrogen (secondary N) is 1. The van der Waals surface area contributed by atoms with Crippen molar-refractivity contribution in [1.82, 2.24) is 20.0 Å². The molecule has 0 saturated heterocycles. The molecule has 0 bridgehead atoms. The van der Waals surface area contributed by atoms with Crippen molar-refractivity contribution in [2.45, 2.75) is 26.4 Å². The summed E-state index contributed by atoms with van der Waals surface area (Å²) in [6.45, 7) is 6.08. The Hall–Kier alpha value is -0.390. The van der Waals surface area contributed by atoms with Crippen molar-refractivity contribution in [3.8, 4) is 0 Å². The van der Waals surface area contributed by atoms with Gasteiger partial charge in [0.25, 0.3) is 0 Å². The average molecular weight is 289 g/mol. The van der Waals surface area contributed by atoms with Gasteiger partial charge < -0.3 is 10.2 Å². The van der Waals surface area contributed by atoms with Crippen molar-refractivity contribution in [3.63, 3.8) is 0 Å². The normalized spacial score (nSPS) is 13.4. The lowest BCUT2D eigenvalue weighted by molar-refractivity contribution is 0.347. The molecule has 1 aromatic rings. The molecular weight excluding hydrogens is 268 g/mol. The predicted octanol–water partition coefficient (Wildman–Crippen LogP) is 1.53. The first-order chi connectivity index (χ1) is 7.41. The molecule has 92 valence electrons. The van der Waals surface area contributed by atoms with Crippen LogP contribution in [-0.4, -0.2) is 41.4 Å². The molecule has 4 nitrogen and oxygen atoms in total. The van der Waals surface area contributed by atoms with Gasteiger partial charge in [-0.2, -0.15) is 5.10 Å². The second kappa shape index (κ2) is 5.80. The largest absolute Gasteiger partial charge is 0.308 e. The number of hydrogen-bond donors (Lipinski definition) is 1. The minimum Gasteiger partial charge on any atom is -0.308 e. The number of nitrogens with zero attached hydrogens (tertiary/aromatic N) is 3. The Morgan fingerprint density at radius 3 is 2.56 bits per heavy atom. The van der Waals surface area contributed by atoms with Gasteiger partial charge in [-0.25, -0.2) is 0 Å². The Bertz CT molecular complexity index is 346. The SMILES string of the molecule is Cc1nn(C)c(CNC(C)CN(C)C)c1Br. The monoisotopic (exact) mass is 288 g/mol. The Kier molecular flexibility index (Phi) is 4.95. The van der Waals surface area contributed by atoms with Crippen LogP contribution >= 0.6 is 15.9 Å². The highest BCUT2D eigenvalue weighted by atomic mass is 79.9. The van der Waals surface area contributed by atoms with Crippen LogP contribution in [0.2, 0.25) is 0 Å². The fraction of sp³-hybridized carbons (Fsp3) is 0.727. The van der Waals surface area contributed by atoms with E-state index in [1.54, 1.807) is 0 Å². The van der Waals surface area contributed by atoms with Crippen LogP contribution in [0.4, 0.5) is 0 Å². The molecule has 5 heteroatoms. The van der Waals surface area contributed by atoms with Crippen LogP contribution < -0.4 is 5.32 Å². The molecule has 1 heterocycles. The Morgan fingerprint density at radius 2 is 2.12 bits per heavy atom. The number of hydrogen-bond acceptors (Lipinski definition) is 3. The van der Waals surface area contributed by atoms with Gasteiger partial charge in [0, 0.05) is 26.2 Å². The van der Waals surface area contributed by atoms with Gasteiger partial charge in [-0.05, 0) is 43.9 Å². The lowest BCUT2D eigenvalue weighted by Gasteiger charge is -2.18. The van der Waals surface area contributed by atoms with E-state index in [0.29, 0.717) is 6.04 Å². The van der Waals surface area contributed by atoms with Crippen LogP contribution in [0.1, 0.15) is 18.3 Å². The van der Waals surface area contributed by atoms with E-state index in [4.69, 9.17) is 0 Å². The van der Waals surface area contributed by atoms with Gasteiger partial charge in [0.15, 0.2) is 0 Å². The molecule has 0 aliphatic rings. The molecule has 0 fully saturated rings. The summed E-state index contributed by atoms with van der Waals surface area (Å²) in [4.78, 5) is 2.18. The fourth-order valence-electron chi connectivity index (χ4n) is 1.76. The summed E-state index contributed by atoms with van der Waals surface area (Å²) < 4.78 is 3.04. The lowest BCUT2D eigenvalue weighted by atomic mass is 10.3. The summed E-state index contributed by atoms with van der Waals surface area (Å²) in [5.74, 6) is 0. The van der Waals surface area contributed by atoms with Gasteiger partial charge in [0.1, 0.15) is 0 Å². The predicted molar refractivity (Wildman–Crippen MR) is 70.5 cm³/mol. The van der Waals surface area contributed by atoms with Crippen molar-refractivity contribution in [3.05, 3.63) is 15.9 Å². The Morgan fingerprint density at radius 1 is 1.50 bits per heavy atom. The third kappa shape index (κ3) is 3.57. The molecule has 1 N–H and O–H groups in total. The summed E-state index contributed by atoms with van der Waals surface area (Å²) >= 11 is 3.57. The van der Waals surface area contributed by atoms with Crippen LogP contribution in [0.15, 0.2) is 4.47 Å². The molecule has 0 radical (unpaired) electrons. The third-order valence-corrected chi connectivity index (χ3v) is 3.55. The van der Waals surface area contributed by atoms with Crippen molar-refractivity contribution >= 4 is 15.9 Å². The molecule has 1 rings (SSSR count). The molecule has 1 unspecified atom stereocenters. The summed E-state index contributed by atoms with van der Waals surface area (Å²) in [6.07, 6.45) is 0. The maximum Gasteiger partial charge on any atom is 0.0739 e. The fourth-order valence-corrected chi connectivity index (χ4v) is 2.23. The van der Waals surface area contributed by atoms with Crippen molar-refractivity contribution in [1.29, 1.82) is 0 Å². The first-order valence-electron chi connectivity index (χ1n) is 5.48. The minimum absolute atomic E-state index is 0.470. The highest BCUT2D eigenvalue weighted by Gasteiger charge is 2.11. The molecule has 16 heavy (non-hydrogen) atoms. The molecule has 1 atom stereocenters. The van der Waals surface area contributed by atoms with Crippen molar-refractivity contribution in [2.75, 3.05) is 20.6 Å². The van der Waals surface area contributed by atoms with E-state index >= 15 is 0 Å². The van der Waals surface area contributed by atoms with E-state index in [0.717, 1.165) is 23.3 Å². The average Bonchev–Trinajstić information content (AvgIpc) is 2.38. The van der Waals surface area contributed by atoms with E-state index < -0.39 is 0 Å². The third-order valence-electron chi connectivity index (χ3n) is 2.52.